The van der Waals surface area contributed by atoms with Gasteiger partial charge in [0.25, 0.3) is 15.9 Å². The number of ether oxygens (including phenoxy) is 2. The first-order valence-electron chi connectivity index (χ1n) is 9.52. The number of fused-ring (bicyclic) bond motifs is 1. The number of anilines is 1. The summed E-state index contributed by atoms with van der Waals surface area (Å²) in [7, 11) is -0.216. The van der Waals surface area contributed by atoms with Crippen molar-refractivity contribution in [2.75, 3.05) is 39.7 Å². The summed E-state index contributed by atoms with van der Waals surface area (Å²) in [5.41, 5.74) is 1.48. The van der Waals surface area contributed by atoms with E-state index in [-0.39, 0.29) is 28.5 Å². The number of hydrogen-bond donors (Lipinski definition) is 1. The molecule has 2 aromatic carbocycles. The Labute approximate surface area is 185 Å². The number of nitrogens with one attached hydrogen (secondary N) is 1. The third kappa shape index (κ3) is 4.37. The predicted molar refractivity (Wildman–Crippen MR) is 115 cm³/mol. The first-order chi connectivity index (χ1) is 15.1. The molecule has 170 valence electrons. The molecular weight excluding hydrogens is 438 g/mol. The second-order valence-corrected chi connectivity index (χ2v) is 9.01. The number of methoxy groups -OCH3 is 2. The maximum atomic E-state index is 12.9. The highest BCUT2D eigenvalue weighted by Gasteiger charge is 2.43. The second-order valence-electron chi connectivity index (χ2n) is 7.18. The quantitative estimate of drug-likeness (QED) is 0.658. The highest BCUT2D eigenvalue weighted by Crippen LogP contribution is 2.38. The van der Waals surface area contributed by atoms with Crippen LogP contribution in [-0.2, 0) is 19.6 Å². The van der Waals surface area contributed by atoms with Crippen LogP contribution in [0.3, 0.4) is 0 Å². The van der Waals surface area contributed by atoms with Gasteiger partial charge in [-0.25, -0.2) is 12.7 Å². The minimum atomic E-state index is -4.26. The number of likely N-dealkylation sites (N-methyl/N-ethyl adjacent to an activating group) is 1. The molecule has 0 atom stereocenters. The van der Waals surface area contributed by atoms with Crippen LogP contribution in [0.4, 0.5) is 5.69 Å². The van der Waals surface area contributed by atoms with E-state index in [0.717, 1.165) is 10.5 Å². The van der Waals surface area contributed by atoms with Crippen molar-refractivity contribution in [3.05, 3.63) is 47.5 Å². The van der Waals surface area contributed by atoms with Crippen molar-refractivity contribution in [3.8, 4) is 11.5 Å². The topological polar surface area (TPSA) is 122 Å². The summed E-state index contributed by atoms with van der Waals surface area (Å²) in [5.74, 6) is -1.70. The van der Waals surface area contributed by atoms with Gasteiger partial charge in [0.1, 0.15) is 11.4 Å². The normalized spacial score (nSPS) is 14.0. The van der Waals surface area contributed by atoms with Crippen LogP contribution in [-0.4, -0.2) is 69.7 Å². The first kappa shape index (κ1) is 23.1. The fraction of sp³-hybridized carbons (Fsp3) is 0.286. The zero-order valence-corrected chi connectivity index (χ0v) is 18.9. The number of nitrogens with zero attached hydrogens (tertiary/aromatic N) is 2. The third-order valence-electron chi connectivity index (χ3n) is 4.93. The van der Waals surface area contributed by atoms with Gasteiger partial charge in [-0.15, -0.1) is 0 Å². The summed E-state index contributed by atoms with van der Waals surface area (Å²) in [5, 5.41) is 2.65. The molecule has 0 spiro atoms. The minimum absolute atomic E-state index is 0.116. The van der Waals surface area contributed by atoms with Crippen molar-refractivity contribution in [2.45, 2.75) is 11.8 Å². The van der Waals surface area contributed by atoms with E-state index in [2.05, 4.69) is 5.32 Å². The standard InChI is InChI=1S/C21H23N3O7S/c1-13-5-7-14(8-6-13)22-19(25)11-23(2)20(26)12-24-21(27)15-9-16(30-3)17(31-4)10-18(15)32(24,28)29/h5-10H,11-12H2,1-4H3,(H,22,25). The summed E-state index contributed by atoms with van der Waals surface area (Å²) in [4.78, 5) is 38.3. The number of amides is 3. The molecule has 3 rings (SSSR count). The molecule has 0 saturated carbocycles. The highest BCUT2D eigenvalue weighted by atomic mass is 32.2. The van der Waals surface area contributed by atoms with Crippen LogP contribution in [0, 0.1) is 6.92 Å². The molecule has 1 N–H and O–H groups in total. The van der Waals surface area contributed by atoms with Crippen LogP contribution in [0.5, 0.6) is 11.5 Å². The maximum absolute atomic E-state index is 12.9. The summed E-state index contributed by atoms with van der Waals surface area (Å²) >= 11 is 0. The van der Waals surface area contributed by atoms with Crippen molar-refractivity contribution in [3.63, 3.8) is 0 Å². The molecule has 0 aliphatic carbocycles. The van der Waals surface area contributed by atoms with Gasteiger partial charge < -0.3 is 19.7 Å². The Bertz CT molecular complexity index is 1180. The van der Waals surface area contributed by atoms with Crippen LogP contribution in [0.2, 0.25) is 0 Å². The van der Waals surface area contributed by atoms with Gasteiger partial charge in [-0.3, -0.25) is 14.4 Å². The summed E-state index contributed by atoms with van der Waals surface area (Å²) in [6, 6.07) is 9.56. The van der Waals surface area contributed by atoms with Gasteiger partial charge in [-0.2, -0.15) is 0 Å². The molecule has 10 nitrogen and oxygen atoms in total. The predicted octanol–water partition coefficient (Wildman–Crippen LogP) is 1.25. The molecule has 0 bridgehead atoms. The molecule has 2 aromatic rings. The zero-order valence-electron chi connectivity index (χ0n) is 18.0. The van der Waals surface area contributed by atoms with E-state index in [1.54, 1.807) is 12.1 Å². The molecule has 0 aromatic heterocycles. The number of sulfonamides is 1. The van der Waals surface area contributed by atoms with Crippen LogP contribution >= 0.6 is 0 Å². The smallest absolute Gasteiger partial charge is 0.269 e. The number of hydrogen-bond acceptors (Lipinski definition) is 7. The Kier molecular flexibility index (Phi) is 6.40. The summed E-state index contributed by atoms with van der Waals surface area (Å²) < 4.78 is 36.4. The van der Waals surface area contributed by atoms with Crippen molar-refractivity contribution < 1.29 is 32.3 Å². The van der Waals surface area contributed by atoms with E-state index in [1.807, 2.05) is 19.1 Å². The van der Waals surface area contributed by atoms with Gasteiger partial charge in [-0.1, -0.05) is 17.7 Å². The molecule has 3 amide bonds. The van der Waals surface area contributed by atoms with E-state index >= 15 is 0 Å². The van der Waals surface area contributed by atoms with Crippen molar-refractivity contribution in [1.29, 1.82) is 0 Å². The lowest BCUT2D eigenvalue weighted by Gasteiger charge is -2.20. The lowest BCUT2D eigenvalue weighted by Crippen LogP contribution is -2.43. The fourth-order valence-corrected chi connectivity index (χ4v) is 4.66. The molecule has 0 saturated heterocycles. The van der Waals surface area contributed by atoms with Gasteiger partial charge in [0, 0.05) is 18.8 Å². The summed E-state index contributed by atoms with van der Waals surface area (Å²) in [6.07, 6.45) is 0. The van der Waals surface area contributed by atoms with Crippen LogP contribution in [0.25, 0.3) is 0 Å². The molecule has 0 unspecified atom stereocenters. The fourth-order valence-electron chi connectivity index (χ4n) is 3.14. The third-order valence-corrected chi connectivity index (χ3v) is 6.70. The van der Waals surface area contributed by atoms with Crippen molar-refractivity contribution in [2.24, 2.45) is 0 Å². The van der Waals surface area contributed by atoms with Gasteiger partial charge >= 0.3 is 0 Å². The van der Waals surface area contributed by atoms with E-state index in [1.165, 1.54) is 33.4 Å². The molecule has 32 heavy (non-hydrogen) atoms. The number of rotatable bonds is 7. The van der Waals surface area contributed by atoms with Gasteiger partial charge in [0.2, 0.25) is 11.8 Å². The molecular formula is C21H23N3O7S. The van der Waals surface area contributed by atoms with Gasteiger partial charge in [0.15, 0.2) is 11.5 Å². The van der Waals surface area contributed by atoms with E-state index < -0.39 is 34.3 Å². The summed E-state index contributed by atoms with van der Waals surface area (Å²) in [6.45, 7) is 0.856. The zero-order chi connectivity index (χ0) is 23.6. The van der Waals surface area contributed by atoms with Crippen LogP contribution < -0.4 is 14.8 Å². The number of carbonyl (C=O) groups is 3. The Morgan fingerprint density at radius 1 is 1.06 bits per heavy atom. The average molecular weight is 461 g/mol. The number of benzene rings is 2. The maximum Gasteiger partial charge on any atom is 0.269 e. The van der Waals surface area contributed by atoms with E-state index in [9.17, 15) is 22.8 Å². The number of aryl methyl sites for hydroxylation is 1. The first-order valence-corrected chi connectivity index (χ1v) is 11.0. The minimum Gasteiger partial charge on any atom is -0.493 e. The largest absolute Gasteiger partial charge is 0.493 e. The van der Waals surface area contributed by atoms with Crippen LogP contribution in [0.1, 0.15) is 15.9 Å². The molecule has 0 fully saturated rings. The second kappa shape index (κ2) is 8.87. The van der Waals surface area contributed by atoms with E-state index in [0.29, 0.717) is 9.99 Å². The molecule has 11 heteroatoms. The molecule has 0 radical (unpaired) electrons. The SMILES string of the molecule is COc1cc2c(cc1OC)S(=O)(=O)N(CC(=O)N(C)CC(=O)Nc1ccc(C)cc1)C2=O. The van der Waals surface area contributed by atoms with Crippen molar-refractivity contribution >= 4 is 33.4 Å². The number of carbonyl (C=O) groups excluding carboxylic acids is 3. The Hall–Kier alpha value is -3.60. The Morgan fingerprint density at radius 2 is 1.66 bits per heavy atom. The van der Waals surface area contributed by atoms with E-state index in [4.69, 9.17) is 9.47 Å². The Balaban J connectivity index is 1.71. The monoisotopic (exact) mass is 461 g/mol. The van der Waals surface area contributed by atoms with Gasteiger partial charge in [0.05, 0.1) is 26.3 Å². The molecule has 1 aliphatic rings. The molecule has 1 aliphatic heterocycles. The van der Waals surface area contributed by atoms with Crippen molar-refractivity contribution in [1.82, 2.24) is 9.21 Å². The van der Waals surface area contributed by atoms with Gasteiger partial charge in [-0.05, 0) is 25.1 Å². The highest BCUT2D eigenvalue weighted by molar-refractivity contribution is 7.90. The average Bonchev–Trinajstić information content (AvgIpc) is 2.94. The van der Waals surface area contributed by atoms with Crippen LogP contribution in [0.15, 0.2) is 41.3 Å². The Morgan fingerprint density at radius 3 is 2.25 bits per heavy atom. The lowest BCUT2D eigenvalue weighted by molar-refractivity contribution is -0.133. The lowest BCUT2D eigenvalue weighted by atomic mass is 10.2. The molecule has 1 heterocycles.